The van der Waals surface area contributed by atoms with Gasteiger partial charge in [0.1, 0.15) is 0 Å². The summed E-state index contributed by atoms with van der Waals surface area (Å²) < 4.78 is 19.0. The minimum atomic E-state index is -0.532. The molecule has 0 aliphatic carbocycles. The van der Waals surface area contributed by atoms with Crippen LogP contribution in [0.5, 0.6) is 11.6 Å². The first-order valence-electron chi connectivity index (χ1n) is 5.67. The van der Waals surface area contributed by atoms with Gasteiger partial charge in [-0.15, -0.1) is 0 Å². The van der Waals surface area contributed by atoms with E-state index in [1.165, 1.54) is 18.3 Å². The van der Waals surface area contributed by atoms with Gasteiger partial charge in [-0.3, -0.25) is 0 Å². The summed E-state index contributed by atoms with van der Waals surface area (Å²) in [6.07, 6.45) is 1.46. The largest absolute Gasteiger partial charge is 0.434 e. The van der Waals surface area contributed by atoms with Gasteiger partial charge in [-0.05, 0) is 24.3 Å². The van der Waals surface area contributed by atoms with E-state index in [2.05, 4.69) is 9.97 Å². The molecule has 0 amide bonds. The fraction of sp³-hybridized carbons (Fsp3) is 0. The number of ether oxygens (including phenoxy) is 1. The third-order valence-corrected chi connectivity index (χ3v) is 2.60. The molecule has 5 heteroatoms. The Kier molecular flexibility index (Phi) is 2.72. The minimum Gasteiger partial charge on any atom is -0.434 e. The highest BCUT2D eigenvalue weighted by Crippen LogP contribution is 2.25. The second-order valence-corrected chi connectivity index (χ2v) is 3.99. The summed E-state index contributed by atoms with van der Waals surface area (Å²) in [5.41, 5.74) is 7.26. The van der Waals surface area contributed by atoms with E-state index in [9.17, 15) is 4.39 Å². The zero-order valence-electron chi connectivity index (χ0n) is 9.88. The molecule has 19 heavy (non-hydrogen) atoms. The molecule has 0 aliphatic rings. The van der Waals surface area contributed by atoms with Gasteiger partial charge >= 0.3 is 0 Å². The van der Waals surface area contributed by atoms with Gasteiger partial charge in [-0.1, -0.05) is 12.1 Å². The SMILES string of the molecule is Nc1ccc(Oc2cnc3ccccc3n2)c(F)c1. The summed E-state index contributed by atoms with van der Waals surface area (Å²) >= 11 is 0. The van der Waals surface area contributed by atoms with Crippen LogP contribution in [0.25, 0.3) is 11.0 Å². The topological polar surface area (TPSA) is 61.0 Å². The van der Waals surface area contributed by atoms with E-state index in [1.54, 1.807) is 6.07 Å². The van der Waals surface area contributed by atoms with Crippen LogP contribution >= 0.6 is 0 Å². The van der Waals surface area contributed by atoms with Crippen LogP contribution in [0, 0.1) is 5.82 Å². The monoisotopic (exact) mass is 255 g/mol. The highest BCUT2D eigenvalue weighted by atomic mass is 19.1. The predicted octanol–water partition coefficient (Wildman–Crippen LogP) is 3.14. The molecule has 0 saturated carbocycles. The first kappa shape index (κ1) is 11.4. The van der Waals surface area contributed by atoms with Gasteiger partial charge in [-0.25, -0.2) is 14.4 Å². The first-order chi connectivity index (χ1) is 9.22. The van der Waals surface area contributed by atoms with E-state index in [0.29, 0.717) is 11.2 Å². The van der Waals surface area contributed by atoms with Gasteiger partial charge in [0.2, 0.25) is 5.88 Å². The summed E-state index contributed by atoms with van der Waals surface area (Å²) in [4.78, 5) is 8.44. The number of hydrogen-bond donors (Lipinski definition) is 1. The maximum atomic E-state index is 13.6. The summed E-state index contributed by atoms with van der Waals surface area (Å²) in [7, 11) is 0. The Hall–Kier alpha value is -2.69. The molecule has 0 bridgehead atoms. The molecule has 0 radical (unpaired) electrons. The molecule has 3 aromatic rings. The number of nitrogens with two attached hydrogens (primary N) is 1. The molecule has 2 aromatic carbocycles. The molecule has 4 nitrogen and oxygen atoms in total. The molecular weight excluding hydrogens is 245 g/mol. The molecule has 0 fully saturated rings. The summed E-state index contributed by atoms with van der Waals surface area (Å²) in [5.74, 6) is -0.226. The van der Waals surface area contributed by atoms with Crippen molar-refractivity contribution in [2.24, 2.45) is 0 Å². The van der Waals surface area contributed by atoms with Gasteiger partial charge < -0.3 is 10.5 Å². The Morgan fingerprint density at radius 1 is 1.05 bits per heavy atom. The van der Waals surface area contributed by atoms with Crippen molar-refractivity contribution in [3.05, 3.63) is 54.5 Å². The Morgan fingerprint density at radius 3 is 2.63 bits per heavy atom. The van der Waals surface area contributed by atoms with Crippen LogP contribution in [0.1, 0.15) is 0 Å². The highest BCUT2D eigenvalue weighted by molar-refractivity contribution is 5.74. The third kappa shape index (κ3) is 2.30. The quantitative estimate of drug-likeness (QED) is 0.714. The zero-order chi connectivity index (χ0) is 13.2. The number of fused-ring (bicyclic) bond motifs is 1. The van der Waals surface area contributed by atoms with Crippen molar-refractivity contribution >= 4 is 16.7 Å². The number of hydrogen-bond acceptors (Lipinski definition) is 4. The summed E-state index contributed by atoms with van der Waals surface area (Å²) in [6.45, 7) is 0. The van der Waals surface area contributed by atoms with Crippen molar-refractivity contribution in [2.75, 3.05) is 5.73 Å². The van der Waals surface area contributed by atoms with Crippen LogP contribution in [0.3, 0.4) is 0 Å². The molecular formula is C14H10FN3O. The lowest BCUT2D eigenvalue weighted by molar-refractivity contribution is 0.427. The zero-order valence-corrected chi connectivity index (χ0v) is 9.88. The second-order valence-electron chi connectivity index (χ2n) is 3.99. The van der Waals surface area contributed by atoms with Crippen molar-refractivity contribution in [3.63, 3.8) is 0 Å². The highest BCUT2D eigenvalue weighted by Gasteiger charge is 2.07. The minimum absolute atomic E-state index is 0.0683. The Morgan fingerprint density at radius 2 is 1.84 bits per heavy atom. The number of nitrogen functional groups attached to an aromatic ring is 1. The number of rotatable bonds is 2. The van der Waals surface area contributed by atoms with Crippen LogP contribution in [0.15, 0.2) is 48.7 Å². The molecule has 2 N–H and O–H groups in total. The lowest BCUT2D eigenvalue weighted by Gasteiger charge is -2.06. The molecule has 0 saturated heterocycles. The van der Waals surface area contributed by atoms with E-state index in [-0.39, 0.29) is 11.6 Å². The molecule has 0 unspecified atom stereocenters. The van der Waals surface area contributed by atoms with Gasteiger partial charge in [0.25, 0.3) is 0 Å². The number of para-hydroxylation sites is 2. The molecule has 0 atom stereocenters. The van der Waals surface area contributed by atoms with Crippen LogP contribution in [0.4, 0.5) is 10.1 Å². The molecule has 1 aromatic heterocycles. The molecule has 0 aliphatic heterocycles. The van der Waals surface area contributed by atoms with Gasteiger partial charge in [0.15, 0.2) is 11.6 Å². The molecule has 94 valence electrons. The van der Waals surface area contributed by atoms with Crippen molar-refractivity contribution < 1.29 is 9.13 Å². The maximum absolute atomic E-state index is 13.6. The average Bonchev–Trinajstić information content (AvgIpc) is 2.42. The van der Waals surface area contributed by atoms with Crippen molar-refractivity contribution in [3.8, 4) is 11.6 Å². The van der Waals surface area contributed by atoms with Gasteiger partial charge in [-0.2, -0.15) is 0 Å². The van der Waals surface area contributed by atoms with Crippen molar-refractivity contribution in [1.82, 2.24) is 9.97 Å². The first-order valence-corrected chi connectivity index (χ1v) is 5.67. The standard InChI is InChI=1S/C14H10FN3O/c15-10-7-9(16)5-6-13(10)19-14-8-17-11-3-1-2-4-12(11)18-14/h1-8H,16H2. The van der Waals surface area contributed by atoms with Crippen LogP contribution in [-0.2, 0) is 0 Å². The maximum Gasteiger partial charge on any atom is 0.238 e. The smallest absolute Gasteiger partial charge is 0.238 e. The molecule has 1 heterocycles. The van der Waals surface area contributed by atoms with E-state index in [0.717, 1.165) is 5.52 Å². The average molecular weight is 255 g/mol. The number of benzene rings is 2. The second kappa shape index (κ2) is 4.53. The van der Waals surface area contributed by atoms with Crippen molar-refractivity contribution in [1.29, 1.82) is 0 Å². The fourth-order valence-electron chi connectivity index (χ4n) is 1.70. The van der Waals surface area contributed by atoms with E-state index < -0.39 is 5.82 Å². The fourth-order valence-corrected chi connectivity index (χ4v) is 1.70. The number of halogens is 1. The van der Waals surface area contributed by atoms with E-state index >= 15 is 0 Å². The van der Waals surface area contributed by atoms with E-state index in [1.807, 2.05) is 24.3 Å². The molecule has 0 spiro atoms. The normalized spacial score (nSPS) is 10.6. The van der Waals surface area contributed by atoms with Crippen molar-refractivity contribution in [2.45, 2.75) is 0 Å². The Labute approximate surface area is 108 Å². The lowest BCUT2D eigenvalue weighted by atomic mass is 10.3. The van der Waals surface area contributed by atoms with Crippen LogP contribution in [0.2, 0.25) is 0 Å². The Bertz CT molecular complexity index is 746. The lowest BCUT2D eigenvalue weighted by Crippen LogP contribution is -1.94. The van der Waals surface area contributed by atoms with E-state index in [4.69, 9.17) is 10.5 Å². The third-order valence-electron chi connectivity index (χ3n) is 2.60. The van der Waals surface area contributed by atoms with Gasteiger partial charge in [0, 0.05) is 11.8 Å². The molecule has 3 rings (SSSR count). The summed E-state index contributed by atoms with van der Waals surface area (Å²) in [6, 6.07) is 11.6. The number of nitrogens with zero attached hydrogens (tertiary/aromatic N) is 2. The van der Waals surface area contributed by atoms with Crippen LogP contribution in [-0.4, -0.2) is 9.97 Å². The van der Waals surface area contributed by atoms with Gasteiger partial charge in [0.05, 0.1) is 17.2 Å². The number of aromatic nitrogens is 2. The Balaban J connectivity index is 1.96. The van der Waals surface area contributed by atoms with Crippen LogP contribution < -0.4 is 10.5 Å². The summed E-state index contributed by atoms with van der Waals surface area (Å²) in [5, 5.41) is 0. The number of anilines is 1. The predicted molar refractivity (Wildman–Crippen MR) is 70.4 cm³/mol.